The number of aliphatic hydroxyl groups is 1. The summed E-state index contributed by atoms with van der Waals surface area (Å²) in [4.78, 5) is 4.38. The molecule has 0 aromatic heterocycles. The number of hydrazone groups is 1. The van der Waals surface area contributed by atoms with Gasteiger partial charge in [0.15, 0.2) is 5.84 Å². The van der Waals surface area contributed by atoms with Crippen molar-refractivity contribution in [1.82, 2.24) is 5.01 Å². The molecule has 0 bridgehead atoms. The van der Waals surface area contributed by atoms with Gasteiger partial charge in [-0.05, 0) is 31.2 Å². The molecule has 8 nitrogen and oxygen atoms in total. The predicted octanol–water partition coefficient (Wildman–Crippen LogP) is -0.0000300. The van der Waals surface area contributed by atoms with Gasteiger partial charge in [0.05, 0.1) is 11.4 Å². The second-order valence-electron chi connectivity index (χ2n) is 4.73. The van der Waals surface area contributed by atoms with Crippen LogP contribution in [0.2, 0.25) is 0 Å². The minimum absolute atomic E-state index is 0.246. The molecule has 1 aromatic rings. The van der Waals surface area contributed by atoms with Crippen molar-refractivity contribution in [2.24, 2.45) is 21.6 Å². The summed E-state index contributed by atoms with van der Waals surface area (Å²) in [5.41, 5.74) is 12.9. The molecule has 2 rings (SSSR count). The maximum atomic E-state index is 8.94. The standard InChI is InChI=1S/C13H18N6O2/c1-8-11(12(14)19(2)18-8)17-9-3-5-10(6-4-9)21-13(15,16)7-20/h3-6,14,20H,7,15-16H2,1-2H3. The fourth-order valence-corrected chi connectivity index (χ4v) is 1.75. The molecule has 0 saturated heterocycles. The highest BCUT2D eigenvalue weighted by atomic mass is 16.5. The number of aliphatic hydroxyl groups excluding tert-OH is 1. The van der Waals surface area contributed by atoms with Crippen LogP contribution in [0.1, 0.15) is 6.92 Å². The summed E-state index contributed by atoms with van der Waals surface area (Å²) in [6.45, 7) is 1.29. The first-order chi connectivity index (χ1) is 9.82. The van der Waals surface area contributed by atoms with Gasteiger partial charge in [-0.25, -0.2) is 10.0 Å². The third-order valence-corrected chi connectivity index (χ3v) is 2.82. The molecule has 0 radical (unpaired) electrons. The lowest BCUT2D eigenvalue weighted by Crippen LogP contribution is -2.57. The van der Waals surface area contributed by atoms with Gasteiger partial charge < -0.3 is 9.84 Å². The number of hydrogen-bond donors (Lipinski definition) is 4. The lowest BCUT2D eigenvalue weighted by molar-refractivity contribution is 0.0198. The zero-order valence-corrected chi connectivity index (χ0v) is 11.9. The SMILES string of the molecule is CC1=NN(C)C(=N)C1=Nc1ccc(OC(N)(N)CO)cc1. The first-order valence-electron chi connectivity index (χ1n) is 6.27. The molecule has 0 fully saturated rings. The predicted molar refractivity (Wildman–Crippen MR) is 81.0 cm³/mol. The van der Waals surface area contributed by atoms with E-state index in [0.29, 0.717) is 22.9 Å². The maximum Gasteiger partial charge on any atom is 0.236 e. The van der Waals surface area contributed by atoms with Crippen LogP contribution in [-0.2, 0) is 0 Å². The molecule has 112 valence electrons. The quantitative estimate of drug-likeness (QED) is 0.579. The molecule has 1 aliphatic heterocycles. The second-order valence-corrected chi connectivity index (χ2v) is 4.73. The van der Waals surface area contributed by atoms with E-state index in [-0.39, 0.29) is 5.84 Å². The molecule has 1 aromatic carbocycles. The van der Waals surface area contributed by atoms with Gasteiger partial charge in [0.1, 0.15) is 18.1 Å². The van der Waals surface area contributed by atoms with E-state index in [9.17, 15) is 0 Å². The van der Waals surface area contributed by atoms with Gasteiger partial charge in [0.25, 0.3) is 0 Å². The number of nitrogens with zero attached hydrogens (tertiary/aromatic N) is 3. The Kier molecular flexibility index (Phi) is 4.03. The van der Waals surface area contributed by atoms with Crippen molar-refractivity contribution in [2.45, 2.75) is 12.8 Å². The summed E-state index contributed by atoms with van der Waals surface area (Å²) in [5.74, 6) is -0.953. The van der Waals surface area contributed by atoms with E-state index in [1.807, 2.05) is 0 Å². The first-order valence-corrected chi connectivity index (χ1v) is 6.27. The molecule has 0 saturated carbocycles. The summed E-state index contributed by atoms with van der Waals surface area (Å²) >= 11 is 0. The van der Waals surface area contributed by atoms with Crippen LogP contribution >= 0.6 is 0 Å². The number of ether oxygens (including phenoxy) is 1. The van der Waals surface area contributed by atoms with E-state index in [0.717, 1.165) is 0 Å². The largest absolute Gasteiger partial charge is 0.458 e. The Morgan fingerprint density at radius 1 is 1.38 bits per heavy atom. The lowest BCUT2D eigenvalue weighted by Gasteiger charge is -2.23. The van der Waals surface area contributed by atoms with E-state index >= 15 is 0 Å². The van der Waals surface area contributed by atoms with Crippen LogP contribution in [0.5, 0.6) is 5.75 Å². The molecule has 0 amide bonds. The van der Waals surface area contributed by atoms with E-state index in [2.05, 4.69) is 10.1 Å². The number of aliphatic imine (C=N–C) groups is 1. The summed E-state index contributed by atoms with van der Waals surface area (Å²) in [7, 11) is 1.70. The molecular formula is C13H18N6O2. The Bertz CT molecular complexity index is 606. The average molecular weight is 290 g/mol. The van der Waals surface area contributed by atoms with Crippen molar-refractivity contribution >= 4 is 22.9 Å². The Balaban J connectivity index is 2.17. The minimum atomic E-state index is -1.62. The number of amidine groups is 1. The van der Waals surface area contributed by atoms with Crippen LogP contribution in [0.25, 0.3) is 0 Å². The van der Waals surface area contributed by atoms with Crippen molar-refractivity contribution in [3.05, 3.63) is 24.3 Å². The molecule has 1 heterocycles. The number of rotatable bonds is 4. The fraction of sp³-hybridized carbons (Fsp3) is 0.308. The number of benzene rings is 1. The Morgan fingerprint density at radius 3 is 2.48 bits per heavy atom. The smallest absolute Gasteiger partial charge is 0.236 e. The first kappa shape index (κ1) is 15.1. The van der Waals surface area contributed by atoms with Gasteiger partial charge in [-0.15, -0.1) is 0 Å². The topological polar surface area (TPSA) is 133 Å². The monoisotopic (exact) mass is 290 g/mol. The van der Waals surface area contributed by atoms with Crippen LogP contribution < -0.4 is 16.2 Å². The van der Waals surface area contributed by atoms with E-state index in [1.165, 1.54) is 5.01 Å². The second kappa shape index (κ2) is 5.60. The van der Waals surface area contributed by atoms with Crippen molar-refractivity contribution in [3.8, 4) is 5.75 Å². The normalized spacial score (nSPS) is 17.4. The molecule has 0 spiro atoms. The minimum Gasteiger partial charge on any atom is -0.458 e. The van der Waals surface area contributed by atoms with Crippen LogP contribution in [0.15, 0.2) is 34.4 Å². The van der Waals surface area contributed by atoms with Crippen molar-refractivity contribution in [3.63, 3.8) is 0 Å². The fourth-order valence-electron chi connectivity index (χ4n) is 1.75. The van der Waals surface area contributed by atoms with E-state index in [4.69, 9.17) is 26.7 Å². The third kappa shape index (κ3) is 3.43. The molecule has 6 N–H and O–H groups in total. The van der Waals surface area contributed by atoms with Crippen LogP contribution in [0.3, 0.4) is 0 Å². The molecule has 0 unspecified atom stereocenters. The maximum absolute atomic E-state index is 8.94. The number of nitrogens with two attached hydrogens (primary N) is 2. The molecule has 0 aliphatic carbocycles. The van der Waals surface area contributed by atoms with Crippen molar-refractivity contribution < 1.29 is 9.84 Å². The summed E-state index contributed by atoms with van der Waals surface area (Å²) in [6.07, 6.45) is 0. The molecule has 1 aliphatic rings. The Labute approximate surface area is 122 Å². The molecular weight excluding hydrogens is 272 g/mol. The molecule has 21 heavy (non-hydrogen) atoms. The van der Waals surface area contributed by atoms with Crippen LogP contribution in [0.4, 0.5) is 5.69 Å². The van der Waals surface area contributed by atoms with Crippen molar-refractivity contribution in [1.29, 1.82) is 5.41 Å². The summed E-state index contributed by atoms with van der Waals surface area (Å²) in [5, 5.41) is 22.4. The van der Waals surface area contributed by atoms with Gasteiger partial charge in [-0.2, -0.15) is 5.10 Å². The van der Waals surface area contributed by atoms with Crippen LogP contribution in [-0.4, -0.2) is 46.9 Å². The number of nitrogens with one attached hydrogen (secondary N) is 1. The molecule has 8 heteroatoms. The Morgan fingerprint density at radius 2 is 2.00 bits per heavy atom. The van der Waals surface area contributed by atoms with Gasteiger partial charge in [-0.3, -0.25) is 16.9 Å². The number of hydrogen-bond acceptors (Lipinski definition) is 7. The highest BCUT2D eigenvalue weighted by Gasteiger charge is 2.22. The van der Waals surface area contributed by atoms with Gasteiger partial charge >= 0.3 is 0 Å². The zero-order valence-electron chi connectivity index (χ0n) is 11.9. The van der Waals surface area contributed by atoms with Gasteiger partial charge in [0.2, 0.25) is 5.85 Å². The van der Waals surface area contributed by atoms with E-state index in [1.54, 1.807) is 38.2 Å². The van der Waals surface area contributed by atoms with Crippen molar-refractivity contribution in [2.75, 3.05) is 13.7 Å². The van der Waals surface area contributed by atoms with Crippen LogP contribution in [0, 0.1) is 5.41 Å². The Hall–Kier alpha value is -2.29. The lowest BCUT2D eigenvalue weighted by atomic mass is 10.2. The third-order valence-electron chi connectivity index (χ3n) is 2.82. The molecule has 0 atom stereocenters. The highest BCUT2D eigenvalue weighted by Crippen LogP contribution is 2.21. The van der Waals surface area contributed by atoms with Gasteiger partial charge in [-0.1, -0.05) is 0 Å². The van der Waals surface area contributed by atoms with Gasteiger partial charge in [0, 0.05) is 7.05 Å². The zero-order chi connectivity index (χ0) is 15.6. The highest BCUT2D eigenvalue weighted by molar-refractivity contribution is 6.69. The summed E-state index contributed by atoms with van der Waals surface area (Å²) in [6, 6.07) is 6.68. The average Bonchev–Trinajstić information content (AvgIpc) is 2.67. The van der Waals surface area contributed by atoms with E-state index < -0.39 is 12.5 Å². The summed E-state index contributed by atoms with van der Waals surface area (Å²) < 4.78 is 5.22.